The molecule has 100 valence electrons. The molecule has 0 saturated heterocycles. The summed E-state index contributed by atoms with van der Waals surface area (Å²) >= 11 is 0. The van der Waals surface area contributed by atoms with Gasteiger partial charge in [0.2, 0.25) is 0 Å². The van der Waals surface area contributed by atoms with Crippen LogP contribution in [-0.2, 0) is 6.54 Å². The maximum atomic E-state index is 13.7. The normalized spacial score (nSPS) is 12.1. The van der Waals surface area contributed by atoms with Crippen LogP contribution in [0.1, 0.15) is 11.1 Å². The fraction of sp³-hybridized carbons (Fsp3) is 0.417. The Kier molecular flexibility index (Phi) is 5.54. The zero-order valence-electron chi connectivity index (χ0n) is 10.7. The Balaban J connectivity index is 2.58. The summed E-state index contributed by atoms with van der Waals surface area (Å²) in [5.74, 6) is -0.461. The first-order valence-corrected chi connectivity index (χ1v) is 5.66. The van der Waals surface area contributed by atoms with Gasteiger partial charge in [0.1, 0.15) is 5.82 Å². The fourth-order valence-corrected chi connectivity index (χ4v) is 1.43. The highest BCUT2D eigenvalue weighted by Gasteiger charge is 2.06. The number of benzene rings is 1. The second-order valence-electron chi connectivity index (χ2n) is 4.27. The van der Waals surface area contributed by atoms with Crippen molar-refractivity contribution >= 4 is 5.84 Å². The standard InChI is InChI=1S/C12H19FN4O/c1-17(2)6-5-15-8-10-4-3-9(7-11(10)13)12(14)16-18/h3-4,7,15,18H,5-6,8H2,1-2H3,(H2,14,16). The van der Waals surface area contributed by atoms with Gasteiger partial charge in [0.15, 0.2) is 5.84 Å². The van der Waals surface area contributed by atoms with E-state index >= 15 is 0 Å². The molecule has 6 heteroatoms. The minimum Gasteiger partial charge on any atom is -0.409 e. The lowest BCUT2D eigenvalue weighted by Gasteiger charge is -2.11. The zero-order valence-corrected chi connectivity index (χ0v) is 10.7. The highest BCUT2D eigenvalue weighted by molar-refractivity contribution is 5.97. The quantitative estimate of drug-likeness (QED) is 0.228. The first-order valence-electron chi connectivity index (χ1n) is 5.66. The number of amidine groups is 1. The van der Waals surface area contributed by atoms with Crippen LogP contribution in [-0.4, -0.2) is 43.1 Å². The summed E-state index contributed by atoms with van der Waals surface area (Å²) in [6.07, 6.45) is 0. The summed E-state index contributed by atoms with van der Waals surface area (Å²) in [6.45, 7) is 2.13. The molecule has 0 aliphatic carbocycles. The van der Waals surface area contributed by atoms with Crippen LogP contribution in [0, 0.1) is 5.82 Å². The van der Waals surface area contributed by atoms with Crippen molar-refractivity contribution in [3.8, 4) is 0 Å². The average Bonchev–Trinajstić information content (AvgIpc) is 2.34. The van der Waals surface area contributed by atoms with Crippen molar-refractivity contribution in [2.24, 2.45) is 10.9 Å². The number of halogens is 1. The number of hydrogen-bond acceptors (Lipinski definition) is 4. The first kappa shape index (κ1) is 14.4. The lowest BCUT2D eigenvalue weighted by atomic mass is 10.1. The number of rotatable bonds is 6. The van der Waals surface area contributed by atoms with Gasteiger partial charge in [0.25, 0.3) is 0 Å². The summed E-state index contributed by atoms with van der Waals surface area (Å²) in [7, 11) is 3.96. The van der Waals surface area contributed by atoms with Crippen LogP contribution in [0.15, 0.2) is 23.4 Å². The predicted octanol–water partition coefficient (Wildman–Crippen LogP) is 0.571. The third kappa shape index (κ3) is 4.31. The van der Waals surface area contributed by atoms with Crippen molar-refractivity contribution in [2.75, 3.05) is 27.2 Å². The van der Waals surface area contributed by atoms with Gasteiger partial charge >= 0.3 is 0 Å². The van der Waals surface area contributed by atoms with Gasteiger partial charge in [-0.15, -0.1) is 0 Å². The molecule has 18 heavy (non-hydrogen) atoms. The minimum absolute atomic E-state index is 0.0963. The Morgan fingerprint density at radius 3 is 2.78 bits per heavy atom. The van der Waals surface area contributed by atoms with Crippen molar-refractivity contribution in [1.29, 1.82) is 0 Å². The van der Waals surface area contributed by atoms with E-state index in [0.717, 1.165) is 13.1 Å². The van der Waals surface area contributed by atoms with Crippen LogP contribution in [0.3, 0.4) is 0 Å². The minimum atomic E-state index is -0.364. The number of nitrogens with one attached hydrogen (secondary N) is 1. The molecule has 0 bridgehead atoms. The van der Waals surface area contributed by atoms with Gasteiger partial charge < -0.3 is 21.2 Å². The Bertz CT molecular complexity index is 421. The van der Waals surface area contributed by atoms with Gasteiger partial charge in [-0.2, -0.15) is 0 Å². The lowest BCUT2D eigenvalue weighted by molar-refractivity contribution is 0.318. The topological polar surface area (TPSA) is 73.9 Å². The van der Waals surface area contributed by atoms with Gasteiger partial charge in [-0.05, 0) is 20.2 Å². The van der Waals surface area contributed by atoms with Crippen molar-refractivity contribution in [3.63, 3.8) is 0 Å². The molecular weight excluding hydrogens is 235 g/mol. The summed E-state index contributed by atoms with van der Waals surface area (Å²) in [4.78, 5) is 2.05. The van der Waals surface area contributed by atoms with E-state index in [0.29, 0.717) is 17.7 Å². The number of nitrogens with zero attached hydrogens (tertiary/aromatic N) is 2. The van der Waals surface area contributed by atoms with Crippen LogP contribution in [0.25, 0.3) is 0 Å². The van der Waals surface area contributed by atoms with E-state index in [2.05, 4.69) is 10.5 Å². The van der Waals surface area contributed by atoms with Crippen LogP contribution in [0.5, 0.6) is 0 Å². The SMILES string of the molecule is CN(C)CCNCc1ccc(C(N)=NO)cc1F. The second-order valence-corrected chi connectivity index (χ2v) is 4.27. The molecule has 4 N–H and O–H groups in total. The monoisotopic (exact) mass is 254 g/mol. The van der Waals surface area contributed by atoms with Crippen molar-refractivity contribution < 1.29 is 9.60 Å². The Morgan fingerprint density at radius 2 is 2.22 bits per heavy atom. The van der Waals surface area contributed by atoms with Crippen LogP contribution in [0.4, 0.5) is 4.39 Å². The van der Waals surface area contributed by atoms with E-state index < -0.39 is 0 Å². The van der Waals surface area contributed by atoms with Gasteiger partial charge in [0, 0.05) is 30.8 Å². The Labute approximate surface area is 106 Å². The van der Waals surface area contributed by atoms with Gasteiger partial charge in [-0.1, -0.05) is 17.3 Å². The second kappa shape index (κ2) is 6.93. The number of nitrogens with two attached hydrogens (primary N) is 1. The molecule has 0 aliphatic heterocycles. The molecule has 1 aromatic carbocycles. The van der Waals surface area contributed by atoms with E-state index in [9.17, 15) is 4.39 Å². The Morgan fingerprint density at radius 1 is 1.50 bits per heavy atom. The van der Waals surface area contributed by atoms with Gasteiger partial charge in [-0.25, -0.2) is 4.39 Å². The molecule has 0 heterocycles. The van der Waals surface area contributed by atoms with E-state index in [1.54, 1.807) is 12.1 Å². The lowest BCUT2D eigenvalue weighted by Crippen LogP contribution is -2.26. The molecular formula is C12H19FN4O. The van der Waals surface area contributed by atoms with E-state index in [1.807, 2.05) is 19.0 Å². The number of oxime groups is 1. The molecule has 0 unspecified atom stereocenters. The van der Waals surface area contributed by atoms with Crippen molar-refractivity contribution in [3.05, 3.63) is 35.1 Å². The third-order valence-corrected chi connectivity index (χ3v) is 2.51. The molecule has 0 radical (unpaired) electrons. The first-order chi connectivity index (χ1) is 8.54. The van der Waals surface area contributed by atoms with Crippen molar-refractivity contribution in [1.82, 2.24) is 10.2 Å². The molecule has 0 spiro atoms. The molecule has 0 aliphatic rings. The number of hydrogen-bond donors (Lipinski definition) is 3. The van der Waals surface area contributed by atoms with E-state index in [-0.39, 0.29) is 11.7 Å². The van der Waals surface area contributed by atoms with Gasteiger partial charge in [0.05, 0.1) is 0 Å². The van der Waals surface area contributed by atoms with E-state index in [1.165, 1.54) is 6.07 Å². The van der Waals surface area contributed by atoms with Crippen LogP contribution in [0.2, 0.25) is 0 Å². The molecule has 1 aromatic rings. The van der Waals surface area contributed by atoms with Crippen LogP contribution < -0.4 is 11.1 Å². The van der Waals surface area contributed by atoms with Crippen LogP contribution >= 0.6 is 0 Å². The van der Waals surface area contributed by atoms with E-state index in [4.69, 9.17) is 10.9 Å². The Hall–Kier alpha value is -1.66. The molecule has 0 atom stereocenters. The van der Waals surface area contributed by atoms with Crippen molar-refractivity contribution in [2.45, 2.75) is 6.54 Å². The molecule has 5 nitrogen and oxygen atoms in total. The highest BCUT2D eigenvalue weighted by atomic mass is 19.1. The molecule has 0 aromatic heterocycles. The summed E-state index contributed by atoms with van der Waals surface area (Å²) < 4.78 is 13.7. The summed E-state index contributed by atoms with van der Waals surface area (Å²) in [5.41, 5.74) is 6.31. The van der Waals surface area contributed by atoms with Gasteiger partial charge in [-0.3, -0.25) is 0 Å². The number of likely N-dealkylation sites (N-methyl/N-ethyl adjacent to an activating group) is 1. The fourth-order valence-electron chi connectivity index (χ4n) is 1.43. The maximum Gasteiger partial charge on any atom is 0.170 e. The smallest absolute Gasteiger partial charge is 0.170 e. The zero-order chi connectivity index (χ0) is 13.5. The molecule has 0 saturated carbocycles. The largest absolute Gasteiger partial charge is 0.409 e. The summed E-state index contributed by atoms with van der Waals surface area (Å²) in [6, 6.07) is 4.52. The molecule has 1 rings (SSSR count). The average molecular weight is 254 g/mol. The maximum absolute atomic E-state index is 13.7. The highest BCUT2D eigenvalue weighted by Crippen LogP contribution is 2.10. The molecule has 0 amide bonds. The predicted molar refractivity (Wildman–Crippen MR) is 69.2 cm³/mol. The molecule has 0 fully saturated rings. The third-order valence-electron chi connectivity index (χ3n) is 2.51. The summed E-state index contributed by atoms with van der Waals surface area (Å²) in [5, 5.41) is 14.5.